The number of carbonyl (C=O) groups excluding carboxylic acids is 2. The van der Waals surface area contributed by atoms with Crippen LogP contribution in [0.3, 0.4) is 0 Å². The van der Waals surface area contributed by atoms with Crippen LogP contribution in [0, 0.1) is 0 Å². The first-order valence-electron chi connectivity index (χ1n) is 7.85. The molecule has 2 amide bonds. The van der Waals surface area contributed by atoms with Gasteiger partial charge in [-0.1, -0.05) is 30.3 Å². The van der Waals surface area contributed by atoms with E-state index in [-0.39, 0.29) is 26.2 Å². The monoisotopic (exact) mass is 338 g/mol. The Morgan fingerprint density at radius 3 is 2.42 bits per heavy atom. The molecule has 1 rings (SSSR count). The van der Waals surface area contributed by atoms with E-state index in [0.717, 1.165) is 5.56 Å². The summed E-state index contributed by atoms with van der Waals surface area (Å²) in [6.07, 6.45) is -0.897. The van der Waals surface area contributed by atoms with Crippen molar-refractivity contribution in [1.29, 1.82) is 0 Å². The molecule has 0 bridgehead atoms. The molecule has 134 valence electrons. The zero-order valence-electron chi connectivity index (χ0n) is 14.4. The van der Waals surface area contributed by atoms with Crippen LogP contribution in [0.15, 0.2) is 30.3 Å². The van der Waals surface area contributed by atoms with E-state index in [4.69, 9.17) is 14.6 Å². The predicted molar refractivity (Wildman–Crippen MR) is 89.5 cm³/mol. The molecule has 1 aromatic rings. The average Bonchev–Trinajstić information content (AvgIpc) is 2.50. The normalized spacial score (nSPS) is 12.2. The van der Waals surface area contributed by atoms with E-state index in [0.29, 0.717) is 0 Å². The quantitative estimate of drug-likeness (QED) is 0.708. The zero-order chi connectivity index (χ0) is 18.0. The van der Waals surface area contributed by atoms with Crippen LogP contribution in [-0.4, -0.2) is 42.1 Å². The Kier molecular flexibility index (Phi) is 8.05. The second kappa shape index (κ2) is 9.77. The first kappa shape index (κ1) is 19.8. The van der Waals surface area contributed by atoms with E-state index in [9.17, 15) is 9.59 Å². The summed E-state index contributed by atoms with van der Waals surface area (Å²) in [5.74, 6) is 0. The van der Waals surface area contributed by atoms with Crippen LogP contribution in [0.4, 0.5) is 9.59 Å². The fourth-order valence-electron chi connectivity index (χ4n) is 1.84. The zero-order valence-corrected chi connectivity index (χ0v) is 14.4. The second-order valence-electron chi connectivity index (χ2n) is 6.30. The number of aliphatic hydroxyl groups excluding tert-OH is 1. The summed E-state index contributed by atoms with van der Waals surface area (Å²) in [6.45, 7) is 5.44. The molecule has 0 saturated heterocycles. The van der Waals surface area contributed by atoms with Gasteiger partial charge in [0.2, 0.25) is 0 Å². The molecule has 0 aliphatic carbocycles. The molecule has 0 spiro atoms. The van der Waals surface area contributed by atoms with Crippen molar-refractivity contribution >= 4 is 12.2 Å². The van der Waals surface area contributed by atoms with E-state index in [2.05, 4.69) is 10.6 Å². The minimum absolute atomic E-state index is 0.124. The first-order valence-corrected chi connectivity index (χ1v) is 7.85. The Labute approximate surface area is 142 Å². The molecular formula is C17H26N2O5. The summed E-state index contributed by atoms with van der Waals surface area (Å²) in [5.41, 5.74) is 0.266. The lowest BCUT2D eigenvalue weighted by Crippen LogP contribution is -2.46. The standard InChI is InChI=1S/C17H26N2O5/c1-17(2,3)24-16(22)19-14(9-10-20)11-18-15(21)23-12-13-7-5-4-6-8-13/h4-8,14,20H,9-12H2,1-3H3,(H,18,21)(H,19,22)/t14-/m1/s1. The first-order chi connectivity index (χ1) is 11.3. The van der Waals surface area contributed by atoms with Crippen molar-refractivity contribution in [3.05, 3.63) is 35.9 Å². The molecule has 24 heavy (non-hydrogen) atoms. The van der Waals surface area contributed by atoms with E-state index < -0.39 is 23.8 Å². The SMILES string of the molecule is CC(C)(C)OC(=O)N[C@H](CCO)CNC(=O)OCc1ccccc1. The molecule has 0 unspecified atom stereocenters. The highest BCUT2D eigenvalue weighted by atomic mass is 16.6. The molecule has 0 aliphatic rings. The molecule has 7 heteroatoms. The molecule has 0 heterocycles. The summed E-state index contributed by atoms with van der Waals surface area (Å²) in [7, 11) is 0. The van der Waals surface area contributed by atoms with Gasteiger partial charge in [0.05, 0.1) is 6.04 Å². The predicted octanol–water partition coefficient (Wildman–Crippen LogP) is 2.19. The smallest absolute Gasteiger partial charge is 0.407 e. The van der Waals surface area contributed by atoms with Crippen LogP contribution in [-0.2, 0) is 16.1 Å². The highest BCUT2D eigenvalue weighted by Crippen LogP contribution is 2.07. The van der Waals surface area contributed by atoms with Gasteiger partial charge in [-0.2, -0.15) is 0 Å². The van der Waals surface area contributed by atoms with Gasteiger partial charge in [0, 0.05) is 13.2 Å². The average molecular weight is 338 g/mol. The van der Waals surface area contributed by atoms with Gasteiger partial charge in [0.15, 0.2) is 0 Å². The minimum Gasteiger partial charge on any atom is -0.445 e. The van der Waals surface area contributed by atoms with Gasteiger partial charge >= 0.3 is 12.2 Å². The van der Waals surface area contributed by atoms with Crippen LogP contribution in [0.1, 0.15) is 32.8 Å². The van der Waals surface area contributed by atoms with Gasteiger partial charge in [0.25, 0.3) is 0 Å². The largest absolute Gasteiger partial charge is 0.445 e. The van der Waals surface area contributed by atoms with E-state index in [1.165, 1.54) is 0 Å². The lowest BCUT2D eigenvalue weighted by molar-refractivity contribution is 0.0495. The highest BCUT2D eigenvalue weighted by molar-refractivity contribution is 5.69. The second-order valence-corrected chi connectivity index (χ2v) is 6.30. The number of alkyl carbamates (subject to hydrolysis) is 2. The molecule has 0 radical (unpaired) electrons. The molecule has 1 aromatic carbocycles. The van der Waals surface area contributed by atoms with E-state index in [1.807, 2.05) is 30.3 Å². The summed E-state index contributed by atoms with van der Waals surface area (Å²) in [6, 6.07) is 8.86. The summed E-state index contributed by atoms with van der Waals surface area (Å²) in [5, 5.41) is 14.2. The number of aliphatic hydroxyl groups is 1. The van der Waals surface area contributed by atoms with Gasteiger partial charge in [-0.3, -0.25) is 0 Å². The van der Waals surface area contributed by atoms with Gasteiger partial charge in [-0.25, -0.2) is 9.59 Å². The summed E-state index contributed by atoms with van der Waals surface area (Å²) >= 11 is 0. The molecule has 3 N–H and O–H groups in total. The molecule has 0 aliphatic heterocycles. The van der Waals surface area contributed by atoms with Crippen molar-refractivity contribution in [3.8, 4) is 0 Å². The van der Waals surface area contributed by atoms with Gasteiger partial charge in [-0.15, -0.1) is 0 Å². The maximum atomic E-state index is 11.7. The maximum Gasteiger partial charge on any atom is 0.407 e. The Bertz CT molecular complexity index is 513. The Hall–Kier alpha value is -2.28. The number of amides is 2. The van der Waals surface area contributed by atoms with E-state index >= 15 is 0 Å². The third-order valence-electron chi connectivity index (χ3n) is 2.90. The summed E-state index contributed by atoms with van der Waals surface area (Å²) in [4.78, 5) is 23.4. The van der Waals surface area contributed by atoms with Crippen LogP contribution >= 0.6 is 0 Å². The fraction of sp³-hybridized carbons (Fsp3) is 0.529. The number of ether oxygens (including phenoxy) is 2. The van der Waals surface area contributed by atoms with Crippen molar-refractivity contribution in [2.45, 2.75) is 45.4 Å². The number of nitrogens with one attached hydrogen (secondary N) is 2. The lowest BCUT2D eigenvalue weighted by Gasteiger charge is -2.23. The Balaban J connectivity index is 2.36. The van der Waals surface area contributed by atoms with Gasteiger partial charge < -0.3 is 25.2 Å². The molecule has 1 atom stereocenters. The number of hydrogen-bond donors (Lipinski definition) is 3. The van der Waals surface area contributed by atoms with Crippen LogP contribution in [0.25, 0.3) is 0 Å². The van der Waals surface area contributed by atoms with Gasteiger partial charge in [0.1, 0.15) is 12.2 Å². The van der Waals surface area contributed by atoms with E-state index in [1.54, 1.807) is 20.8 Å². The molecule has 7 nitrogen and oxygen atoms in total. The number of benzene rings is 1. The summed E-state index contributed by atoms with van der Waals surface area (Å²) < 4.78 is 10.2. The highest BCUT2D eigenvalue weighted by Gasteiger charge is 2.19. The minimum atomic E-state index is -0.615. The third-order valence-corrected chi connectivity index (χ3v) is 2.90. The van der Waals surface area contributed by atoms with Crippen molar-refractivity contribution in [3.63, 3.8) is 0 Å². The molecule has 0 aromatic heterocycles. The van der Waals surface area contributed by atoms with Crippen molar-refractivity contribution in [2.24, 2.45) is 0 Å². The van der Waals surface area contributed by atoms with Crippen LogP contribution in [0.5, 0.6) is 0 Å². The van der Waals surface area contributed by atoms with Crippen molar-refractivity contribution < 1.29 is 24.2 Å². The number of carbonyl (C=O) groups is 2. The van der Waals surface area contributed by atoms with Crippen LogP contribution < -0.4 is 10.6 Å². The van der Waals surface area contributed by atoms with Crippen molar-refractivity contribution in [1.82, 2.24) is 10.6 Å². The Morgan fingerprint density at radius 1 is 1.17 bits per heavy atom. The number of hydrogen-bond acceptors (Lipinski definition) is 5. The molecular weight excluding hydrogens is 312 g/mol. The van der Waals surface area contributed by atoms with Crippen LogP contribution in [0.2, 0.25) is 0 Å². The topological polar surface area (TPSA) is 96.9 Å². The van der Waals surface area contributed by atoms with Gasteiger partial charge in [-0.05, 0) is 32.8 Å². The Morgan fingerprint density at radius 2 is 1.83 bits per heavy atom. The molecule has 0 fully saturated rings. The maximum absolute atomic E-state index is 11.7. The number of rotatable bonds is 7. The lowest BCUT2D eigenvalue weighted by atomic mass is 10.2. The third kappa shape index (κ3) is 8.99. The fourth-order valence-corrected chi connectivity index (χ4v) is 1.84. The molecule has 0 saturated carbocycles. The van der Waals surface area contributed by atoms with Crippen molar-refractivity contribution in [2.75, 3.05) is 13.2 Å².